The number of nitrogens with zero attached hydrogens (tertiary/aromatic N) is 1. The van der Waals surface area contributed by atoms with Crippen LogP contribution < -0.4 is 10.6 Å². The predicted octanol–water partition coefficient (Wildman–Crippen LogP) is -0.905. The number of hydrogen-bond acceptors (Lipinski definition) is 5. The van der Waals surface area contributed by atoms with Crippen LogP contribution in [-0.2, 0) is 14.6 Å². The van der Waals surface area contributed by atoms with Gasteiger partial charge < -0.3 is 10.6 Å². The highest BCUT2D eigenvalue weighted by molar-refractivity contribution is 7.91. The van der Waals surface area contributed by atoms with Crippen molar-refractivity contribution in [2.45, 2.75) is 25.3 Å². The van der Waals surface area contributed by atoms with E-state index in [9.17, 15) is 18.0 Å². The summed E-state index contributed by atoms with van der Waals surface area (Å²) >= 11 is 0. The number of amides is 3. The molecule has 2 saturated heterocycles. The Morgan fingerprint density at radius 2 is 2.11 bits per heavy atom. The molecule has 8 heteroatoms. The number of urea groups is 1. The van der Waals surface area contributed by atoms with E-state index in [4.69, 9.17) is 0 Å². The topological polar surface area (TPSA) is 95.6 Å². The number of carbonyl (C=O) groups is 2. The Balaban J connectivity index is 1.94. The van der Waals surface area contributed by atoms with Crippen LogP contribution in [0.3, 0.4) is 0 Å². The van der Waals surface area contributed by atoms with Crippen molar-refractivity contribution in [1.82, 2.24) is 15.5 Å². The van der Waals surface area contributed by atoms with Gasteiger partial charge in [-0.15, -0.1) is 0 Å². The van der Waals surface area contributed by atoms with Crippen molar-refractivity contribution in [2.24, 2.45) is 0 Å². The van der Waals surface area contributed by atoms with E-state index in [1.54, 1.807) is 6.92 Å². The summed E-state index contributed by atoms with van der Waals surface area (Å²) in [6.45, 7) is 2.89. The molecule has 0 saturated carbocycles. The quantitative estimate of drug-likeness (QED) is 0.639. The van der Waals surface area contributed by atoms with Crippen LogP contribution in [0.1, 0.15) is 19.8 Å². The van der Waals surface area contributed by atoms with Crippen molar-refractivity contribution in [2.75, 3.05) is 31.1 Å². The fourth-order valence-corrected chi connectivity index (χ4v) is 3.30. The molecule has 0 aliphatic carbocycles. The first-order chi connectivity index (χ1) is 8.90. The van der Waals surface area contributed by atoms with Gasteiger partial charge in [0.2, 0.25) is 0 Å². The molecule has 0 aromatic rings. The van der Waals surface area contributed by atoms with Gasteiger partial charge in [0.1, 0.15) is 15.4 Å². The molecule has 2 fully saturated rings. The van der Waals surface area contributed by atoms with Crippen molar-refractivity contribution in [1.29, 1.82) is 0 Å². The molecule has 1 spiro atoms. The van der Waals surface area contributed by atoms with E-state index in [0.717, 1.165) is 4.90 Å². The molecule has 2 aliphatic rings. The number of carbonyl (C=O) groups excluding carboxylic acids is 2. The molecule has 2 heterocycles. The summed E-state index contributed by atoms with van der Waals surface area (Å²) in [6, 6.07) is -0.414. The third-order valence-corrected chi connectivity index (χ3v) is 5.47. The fourth-order valence-electron chi connectivity index (χ4n) is 2.45. The molecule has 1 atom stereocenters. The van der Waals surface area contributed by atoms with Gasteiger partial charge in [0.05, 0.1) is 5.75 Å². The van der Waals surface area contributed by atoms with Crippen molar-refractivity contribution in [3.05, 3.63) is 0 Å². The molecule has 2 aliphatic heterocycles. The highest BCUT2D eigenvalue weighted by Crippen LogP contribution is 2.24. The number of nitrogens with one attached hydrogen (secondary N) is 2. The number of rotatable bonds is 5. The van der Waals surface area contributed by atoms with E-state index >= 15 is 0 Å². The summed E-state index contributed by atoms with van der Waals surface area (Å²) in [7, 11) is -3.06. The maximum Gasteiger partial charge on any atom is 0.325 e. The zero-order chi connectivity index (χ0) is 14.1. The van der Waals surface area contributed by atoms with Crippen LogP contribution in [-0.4, -0.2) is 61.9 Å². The number of imide groups is 1. The standard InChI is InChI=1S/C11H19N3O4S/c1-2-19(17,18)7-3-6-14-9(15)11(13-10(14)16)4-5-12-8-11/h12H,2-8H2,1H3,(H,13,16). The van der Waals surface area contributed by atoms with E-state index in [1.807, 2.05) is 0 Å². The highest BCUT2D eigenvalue weighted by atomic mass is 32.2. The van der Waals surface area contributed by atoms with Gasteiger partial charge in [0.25, 0.3) is 5.91 Å². The Bertz CT molecular complexity index is 482. The molecule has 0 bridgehead atoms. The molecule has 2 N–H and O–H groups in total. The summed E-state index contributed by atoms with van der Waals surface area (Å²) in [4.78, 5) is 25.1. The monoisotopic (exact) mass is 289 g/mol. The van der Waals surface area contributed by atoms with Gasteiger partial charge in [-0.2, -0.15) is 0 Å². The molecule has 0 aromatic heterocycles. The van der Waals surface area contributed by atoms with Crippen LogP contribution in [0.5, 0.6) is 0 Å². The van der Waals surface area contributed by atoms with Gasteiger partial charge in [-0.1, -0.05) is 6.92 Å². The molecular formula is C11H19N3O4S. The lowest BCUT2D eigenvalue weighted by Gasteiger charge is -2.19. The lowest BCUT2D eigenvalue weighted by atomic mass is 9.99. The first kappa shape index (κ1) is 14.3. The minimum absolute atomic E-state index is 0.00576. The molecular weight excluding hydrogens is 270 g/mol. The van der Waals surface area contributed by atoms with Gasteiger partial charge in [-0.25, -0.2) is 13.2 Å². The van der Waals surface area contributed by atoms with E-state index in [1.165, 1.54) is 0 Å². The Morgan fingerprint density at radius 1 is 1.37 bits per heavy atom. The first-order valence-electron chi connectivity index (χ1n) is 6.45. The van der Waals surface area contributed by atoms with Gasteiger partial charge in [-0.3, -0.25) is 9.69 Å². The minimum atomic E-state index is -3.06. The lowest BCUT2D eigenvalue weighted by Crippen LogP contribution is -2.48. The molecule has 0 radical (unpaired) electrons. The van der Waals surface area contributed by atoms with E-state index in [2.05, 4.69) is 10.6 Å². The minimum Gasteiger partial charge on any atom is -0.322 e. The van der Waals surface area contributed by atoms with Crippen molar-refractivity contribution in [3.63, 3.8) is 0 Å². The van der Waals surface area contributed by atoms with E-state index in [-0.39, 0.29) is 24.0 Å². The summed E-state index contributed by atoms with van der Waals surface area (Å²) in [5, 5.41) is 5.77. The van der Waals surface area contributed by atoms with Gasteiger partial charge in [0.15, 0.2) is 0 Å². The summed E-state index contributed by atoms with van der Waals surface area (Å²) in [5.74, 6) is -0.149. The second kappa shape index (κ2) is 5.09. The van der Waals surface area contributed by atoms with Crippen molar-refractivity contribution in [3.8, 4) is 0 Å². The summed E-state index contributed by atoms with van der Waals surface area (Å²) in [5.41, 5.74) is -0.805. The Morgan fingerprint density at radius 3 is 2.68 bits per heavy atom. The molecule has 1 unspecified atom stereocenters. The largest absolute Gasteiger partial charge is 0.325 e. The molecule has 19 heavy (non-hydrogen) atoms. The van der Waals surface area contributed by atoms with Crippen LogP contribution in [0.15, 0.2) is 0 Å². The molecule has 0 aromatic carbocycles. The summed E-state index contributed by atoms with van der Waals surface area (Å²) < 4.78 is 22.7. The molecule has 7 nitrogen and oxygen atoms in total. The molecule has 3 amide bonds. The van der Waals surface area contributed by atoms with Gasteiger partial charge in [-0.05, 0) is 19.4 Å². The Kier molecular flexibility index (Phi) is 3.82. The van der Waals surface area contributed by atoms with Crippen molar-refractivity contribution < 1.29 is 18.0 Å². The normalized spacial score (nSPS) is 27.3. The maximum absolute atomic E-state index is 12.2. The third kappa shape index (κ3) is 2.74. The first-order valence-corrected chi connectivity index (χ1v) is 8.28. The van der Waals surface area contributed by atoms with Crippen molar-refractivity contribution >= 4 is 21.8 Å². The highest BCUT2D eigenvalue weighted by Gasteiger charge is 2.52. The second-order valence-corrected chi connectivity index (χ2v) is 7.46. The second-order valence-electron chi connectivity index (χ2n) is 4.99. The Hall–Kier alpha value is -1.15. The smallest absolute Gasteiger partial charge is 0.322 e. The average Bonchev–Trinajstić information content (AvgIpc) is 2.91. The van der Waals surface area contributed by atoms with Crippen LogP contribution in [0.25, 0.3) is 0 Å². The van der Waals surface area contributed by atoms with E-state index in [0.29, 0.717) is 25.9 Å². The molecule has 2 rings (SSSR count). The SMILES string of the molecule is CCS(=O)(=O)CCCN1C(=O)NC2(CCNC2)C1=O. The molecule has 108 valence electrons. The average molecular weight is 289 g/mol. The van der Waals surface area contributed by atoms with Crippen LogP contribution in [0.2, 0.25) is 0 Å². The maximum atomic E-state index is 12.2. The van der Waals surface area contributed by atoms with Crippen LogP contribution >= 0.6 is 0 Å². The van der Waals surface area contributed by atoms with Gasteiger partial charge in [0, 0.05) is 18.8 Å². The number of hydrogen-bond donors (Lipinski definition) is 2. The van der Waals surface area contributed by atoms with Gasteiger partial charge >= 0.3 is 6.03 Å². The number of sulfone groups is 1. The fraction of sp³-hybridized carbons (Fsp3) is 0.818. The predicted molar refractivity (Wildman–Crippen MR) is 69.4 cm³/mol. The van der Waals surface area contributed by atoms with E-state index < -0.39 is 21.4 Å². The Labute approximate surface area is 112 Å². The lowest BCUT2D eigenvalue weighted by molar-refractivity contribution is -0.130. The zero-order valence-corrected chi connectivity index (χ0v) is 11.8. The van der Waals surface area contributed by atoms with Crippen LogP contribution in [0.4, 0.5) is 4.79 Å². The zero-order valence-electron chi connectivity index (χ0n) is 10.9. The van der Waals surface area contributed by atoms with Crippen LogP contribution in [0, 0.1) is 0 Å². The summed E-state index contributed by atoms with van der Waals surface area (Å²) in [6.07, 6.45) is 0.875. The third-order valence-electron chi connectivity index (χ3n) is 3.68.